The molecule has 0 amide bonds. The molecule has 1 aromatic heterocycles. The van der Waals surface area contributed by atoms with Gasteiger partial charge in [-0.15, -0.1) is 11.8 Å². The number of oxime groups is 1. The second-order valence-corrected chi connectivity index (χ2v) is 5.00. The Balaban J connectivity index is 2.03. The first-order valence-electron chi connectivity index (χ1n) is 6.03. The number of thioether (sulfide) groups is 1. The summed E-state index contributed by atoms with van der Waals surface area (Å²) in [6.07, 6.45) is 3.69. The third-order valence-corrected chi connectivity index (χ3v) is 3.52. The zero-order chi connectivity index (χ0) is 14.4. The molecule has 0 saturated heterocycles. The summed E-state index contributed by atoms with van der Waals surface area (Å²) in [6, 6.07) is 11.9. The Morgan fingerprint density at radius 1 is 1.35 bits per heavy atom. The molecule has 0 aliphatic heterocycles. The summed E-state index contributed by atoms with van der Waals surface area (Å²) in [5.74, 6) is 0.0103. The quantitative estimate of drug-likeness (QED) is 0.259. The number of benzene rings is 1. The summed E-state index contributed by atoms with van der Waals surface area (Å²) in [5, 5.41) is 14.9. The first kappa shape index (κ1) is 14.2. The average Bonchev–Trinajstić information content (AvgIpc) is 2.53. The van der Waals surface area contributed by atoms with Gasteiger partial charge in [-0.3, -0.25) is 4.98 Å². The maximum Gasteiger partial charge on any atom is 0.188 e. The van der Waals surface area contributed by atoms with Crippen molar-refractivity contribution >= 4 is 23.3 Å². The van der Waals surface area contributed by atoms with Gasteiger partial charge < -0.3 is 16.3 Å². The predicted octanol–water partition coefficient (Wildman–Crippen LogP) is 2.51. The normalized spacial score (nSPS) is 11.3. The van der Waals surface area contributed by atoms with E-state index in [1.807, 2.05) is 24.5 Å². The zero-order valence-corrected chi connectivity index (χ0v) is 11.9. The highest BCUT2D eigenvalue weighted by Gasteiger charge is 2.02. The SMILES string of the molecule is CSc1ccc(NCc2ccnc(C(N)=NO)c2)cc1. The number of aromatic nitrogens is 1. The number of amidine groups is 1. The minimum Gasteiger partial charge on any atom is -0.409 e. The van der Waals surface area contributed by atoms with Crippen LogP contribution in [0.4, 0.5) is 5.69 Å². The van der Waals surface area contributed by atoms with Crippen LogP contribution in [0.2, 0.25) is 0 Å². The van der Waals surface area contributed by atoms with Crippen molar-refractivity contribution < 1.29 is 5.21 Å². The van der Waals surface area contributed by atoms with Crippen molar-refractivity contribution in [1.29, 1.82) is 0 Å². The largest absolute Gasteiger partial charge is 0.409 e. The van der Waals surface area contributed by atoms with E-state index in [1.54, 1.807) is 24.0 Å². The van der Waals surface area contributed by atoms with Crippen LogP contribution in [0.1, 0.15) is 11.3 Å². The van der Waals surface area contributed by atoms with E-state index in [0.29, 0.717) is 12.2 Å². The lowest BCUT2D eigenvalue weighted by atomic mass is 10.2. The molecular formula is C14H16N4OS. The molecule has 4 N–H and O–H groups in total. The molecule has 0 spiro atoms. The fraction of sp³-hybridized carbons (Fsp3) is 0.143. The Morgan fingerprint density at radius 3 is 2.75 bits per heavy atom. The van der Waals surface area contributed by atoms with Gasteiger partial charge in [-0.25, -0.2) is 0 Å². The van der Waals surface area contributed by atoms with Gasteiger partial charge in [0.05, 0.1) is 0 Å². The number of hydrogen-bond acceptors (Lipinski definition) is 5. The number of pyridine rings is 1. The van der Waals surface area contributed by atoms with Crippen LogP contribution in [0, 0.1) is 0 Å². The van der Waals surface area contributed by atoms with Crippen molar-refractivity contribution in [2.45, 2.75) is 11.4 Å². The van der Waals surface area contributed by atoms with Crippen LogP contribution in [0.5, 0.6) is 0 Å². The molecule has 0 aliphatic rings. The highest BCUT2D eigenvalue weighted by Crippen LogP contribution is 2.18. The number of rotatable bonds is 5. The lowest BCUT2D eigenvalue weighted by Crippen LogP contribution is -2.15. The van der Waals surface area contributed by atoms with E-state index in [2.05, 4.69) is 27.6 Å². The first-order valence-corrected chi connectivity index (χ1v) is 7.26. The molecule has 1 aromatic carbocycles. The Kier molecular flexibility index (Phi) is 4.84. The third kappa shape index (κ3) is 3.64. The average molecular weight is 288 g/mol. The van der Waals surface area contributed by atoms with Crippen LogP contribution < -0.4 is 11.1 Å². The summed E-state index contributed by atoms with van der Waals surface area (Å²) in [4.78, 5) is 5.27. The van der Waals surface area contributed by atoms with Gasteiger partial charge in [-0.05, 0) is 48.2 Å². The summed E-state index contributed by atoms with van der Waals surface area (Å²) >= 11 is 1.71. The van der Waals surface area contributed by atoms with Gasteiger partial charge >= 0.3 is 0 Å². The molecule has 0 radical (unpaired) electrons. The Bertz CT molecular complexity index is 598. The zero-order valence-electron chi connectivity index (χ0n) is 11.1. The van der Waals surface area contributed by atoms with E-state index in [0.717, 1.165) is 11.3 Å². The lowest BCUT2D eigenvalue weighted by Gasteiger charge is -2.08. The number of nitrogens with two attached hydrogens (primary N) is 1. The molecule has 1 heterocycles. The predicted molar refractivity (Wildman–Crippen MR) is 82.3 cm³/mol. The fourth-order valence-corrected chi connectivity index (χ4v) is 2.10. The van der Waals surface area contributed by atoms with Crippen molar-refractivity contribution in [3.05, 3.63) is 53.9 Å². The van der Waals surface area contributed by atoms with Crippen LogP contribution in [0.3, 0.4) is 0 Å². The summed E-state index contributed by atoms with van der Waals surface area (Å²) < 4.78 is 0. The topological polar surface area (TPSA) is 83.5 Å². The maximum absolute atomic E-state index is 8.64. The molecule has 0 unspecified atom stereocenters. The van der Waals surface area contributed by atoms with Gasteiger partial charge in [0.2, 0.25) is 0 Å². The Labute approximate surface area is 121 Å². The summed E-state index contributed by atoms with van der Waals surface area (Å²) in [6.45, 7) is 0.646. The molecule has 2 aromatic rings. The summed E-state index contributed by atoms with van der Waals surface area (Å²) in [7, 11) is 0. The molecule has 5 nitrogen and oxygen atoms in total. The number of nitrogens with one attached hydrogen (secondary N) is 1. The van der Waals surface area contributed by atoms with Gasteiger partial charge in [-0.2, -0.15) is 0 Å². The number of anilines is 1. The molecule has 0 atom stereocenters. The van der Waals surface area contributed by atoms with E-state index in [1.165, 1.54) is 4.90 Å². The van der Waals surface area contributed by atoms with E-state index in [9.17, 15) is 0 Å². The summed E-state index contributed by atoms with van der Waals surface area (Å²) in [5.41, 5.74) is 8.04. The van der Waals surface area contributed by atoms with Crippen LogP contribution in [0.15, 0.2) is 52.6 Å². The second-order valence-electron chi connectivity index (χ2n) is 4.12. The van der Waals surface area contributed by atoms with Gasteiger partial charge in [0.15, 0.2) is 5.84 Å². The van der Waals surface area contributed by atoms with E-state index in [-0.39, 0.29) is 5.84 Å². The van der Waals surface area contributed by atoms with E-state index in [4.69, 9.17) is 10.9 Å². The molecular weight excluding hydrogens is 272 g/mol. The highest BCUT2D eigenvalue weighted by atomic mass is 32.2. The third-order valence-electron chi connectivity index (χ3n) is 2.78. The van der Waals surface area contributed by atoms with Crippen molar-refractivity contribution in [1.82, 2.24) is 4.98 Å². The monoisotopic (exact) mass is 288 g/mol. The Hall–Kier alpha value is -2.21. The molecule has 6 heteroatoms. The number of hydrogen-bond donors (Lipinski definition) is 3. The maximum atomic E-state index is 8.64. The van der Waals surface area contributed by atoms with E-state index >= 15 is 0 Å². The molecule has 104 valence electrons. The van der Waals surface area contributed by atoms with Crippen LogP contribution in [-0.2, 0) is 6.54 Å². The molecule has 0 aliphatic carbocycles. The lowest BCUT2D eigenvalue weighted by molar-refractivity contribution is 0.318. The Morgan fingerprint density at radius 2 is 2.10 bits per heavy atom. The van der Waals surface area contributed by atoms with Crippen molar-refractivity contribution in [2.75, 3.05) is 11.6 Å². The second kappa shape index (κ2) is 6.81. The number of nitrogens with zero attached hydrogens (tertiary/aromatic N) is 2. The minimum atomic E-state index is 0.0103. The van der Waals surface area contributed by atoms with Crippen molar-refractivity contribution in [2.24, 2.45) is 10.9 Å². The minimum absolute atomic E-state index is 0.0103. The molecule has 0 bridgehead atoms. The van der Waals surface area contributed by atoms with Crippen molar-refractivity contribution in [3.8, 4) is 0 Å². The first-order chi connectivity index (χ1) is 9.72. The van der Waals surface area contributed by atoms with Crippen LogP contribution >= 0.6 is 11.8 Å². The van der Waals surface area contributed by atoms with Crippen molar-refractivity contribution in [3.63, 3.8) is 0 Å². The highest BCUT2D eigenvalue weighted by molar-refractivity contribution is 7.98. The van der Waals surface area contributed by atoms with Gasteiger partial charge in [0.25, 0.3) is 0 Å². The fourth-order valence-electron chi connectivity index (χ4n) is 1.69. The molecule has 0 saturated carbocycles. The van der Waals surface area contributed by atoms with Crippen LogP contribution in [-0.4, -0.2) is 22.3 Å². The van der Waals surface area contributed by atoms with Gasteiger partial charge in [0, 0.05) is 23.3 Å². The van der Waals surface area contributed by atoms with Gasteiger partial charge in [0.1, 0.15) is 5.69 Å². The molecule has 0 fully saturated rings. The van der Waals surface area contributed by atoms with Gasteiger partial charge in [-0.1, -0.05) is 5.16 Å². The standard InChI is InChI=1S/C14H16N4OS/c1-20-12-4-2-11(3-5-12)17-9-10-6-7-16-13(8-10)14(15)18-19/h2-8,17,19H,9H2,1H3,(H2,15,18). The smallest absolute Gasteiger partial charge is 0.188 e. The van der Waals surface area contributed by atoms with Crippen LogP contribution in [0.25, 0.3) is 0 Å². The molecule has 2 rings (SSSR count). The van der Waals surface area contributed by atoms with E-state index < -0.39 is 0 Å². The molecule has 20 heavy (non-hydrogen) atoms.